The molecule has 0 radical (unpaired) electrons. The van der Waals surface area contributed by atoms with E-state index in [1.165, 1.54) is 12.1 Å². The maximum Gasteiger partial charge on any atom is 0.194 e. The Labute approximate surface area is 114 Å². The van der Waals surface area contributed by atoms with Crippen LogP contribution >= 0.6 is 11.3 Å². The Balaban J connectivity index is 2.04. The number of hydrogen-bond acceptors (Lipinski definition) is 3. The molecule has 5 heteroatoms. The molecule has 1 unspecified atom stereocenters. The quantitative estimate of drug-likeness (QED) is 0.798. The lowest BCUT2D eigenvalue weighted by Gasteiger charge is -2.00. The van der Waals surface area contributed by atoms with Gasteiger partial charge in [0.15, 0.2) is 4.96 Å². The van der Waals surface area contributed by atoms with E-state index in [4.69, 9.17) is 5.73 Å². The van der Waals surface area contributed by atoms with Crippen LogP contribution in [0.5, 0.6) is 0 Å². The van der Waals surface area contributed by atoms with Gasteiger partial charge in [-0.2, -0.15) is 0 Å². The standard InChI is InChI=1S/C14H14FN3S/c1-9(16)6-12-7-18-13(8-19-14(18)17-12)10-2-4-11(15)5-3-10/h2-5,7-9H,6,16H2,1H3. The van der Waals surface area contributed by atoms with E-state index in [9.17, 15) is 4.39 Å². The number of halogens is 1. The summed E-state index contributed by atoms with van der Waals surface area (Å²) in [6.07, 6.45) is 2.77. The monoisotopic (exact) mass is 275 g/mol. The minimum Gasteiger partial charge on any atom is -0.328 e. The highest BCUT2D eigenvalue weighted by Gasteiger charge is 2.10. The van der Waals surface area contributed by atoms with Gasteiger partial charge in [0.2, 0.25) is 0 Å². The first-order chi connectivity index (χ1) is 9.13. The van der Waals surface area contributed by atoms with Gasteiger partial charge in [-0.1, -0.05) is 0 Å². The van der Waals surface area contributed by atoms with E-state index in [0.29, 0.717) is 0 Å². The Morgan fingerprint density at radius 2 is 2.11 bits per heavy atom. The molecule has 19 heavy (non-hydrogen) atoms. The smallest absolute Gasteiger partial charge is 0.194 e. The molecule has 3 rings (SSSR count). The summed E-state index contributed by atoms with van der Waals surface area (Å²) in [4.78, 5) is 5.48. The van der Waals surface area contributed by atoms with Crippen molar-refractivity contribution in [3.05, 3.63) is 47.4 Å². The van der Waals surface area contributed by atoms with Crippen LogP contribution in [0.3, 0.4) is 0 Å². The van der Waals surface area contributed by atoms with Crippen molar-refractivity contribution in [3.63, 3.8) is 0 Å². The predicted octanol–water partition coefficient (Wildman–Crippen LogP) is 3.09. The van der Waals surface area contributed by atoms with Gasteiger partial charge in [-0.25, -0.2) is 9.37 Å². The van der Waals surface area contributed by atoms with Crippen LogP contribution in [0.1, 0.15) is 12.6 Å². The SMILES string of the molecule is CC(N)Cc1cn2c(-c3ccc(F)cc3)csc2n1. The van der Waals surface area contributed by atoms with Crippen molar-refractivity contribution >= 4 is 16.3 Å². The molecule has 3 aromatic rings. The number of nitrogens with two attached hydrogens (primary N) is 1. The van der Waals surface area contributed by atoms with E-state index in [0.717, 1.165) is 28.3 Å². The van der Waals surface area contributed by atoms with E-state index in [1.54, 1.807) is 23.5 Å². The molecule has 0 fully saturated rings. The van der Waals surface area contributed by atoms with Crippen molar-refractivity contribution in [1.29, 1.82) is 0 Å². The van der Waals surface area contributed by atoms with Crippen LogP contribution < -0.4 is 5.73 Å². The zero-order chi connectivity index (χ0) is 13.4. The number of nitrogens with zero attached hydrogens (tertiary/aromatic N) is 2. The highest BCUT2D eigenvalue weighted by atomic mass is 32.1. The summed E-state index contributed by atoms with van der Waals surface area (Å²) in [5.41, 5.74) is 8.80. The molecular formula is C14H14FN3S. The number of fused-ring (bicyclic) bond motifs is 1. The van der Waals surface area contributed by atoms with Crippen LogP contribution in [-0.2, 0) is 6.42 Å². The molecule has 0 saturated heterocycles. The first kappa shape index (κ1) is 12.3. The lowest BCUT2D eigenvalue weighted by Crippen LogP contribution is -2.17. The molecular weight excluding hydrogens is 261 g/mol. The van der Waals surface area contributed by atoms with Crippen molar-refractivity contribution < 1.29 is 4.39 Å². The first-order valence-electron chi connectivity index (χ1n) is 6.10. The molecule has 98 valence electrons. The Kier molecular flexibility index (Phi) is 3.08. The molecule has 3 nitrogen and oxygen atoms in total. The van der Waals surface area contributed by atoms with Gasteiger partial charge in [0.05, 0.1) is 11.4 Å². The molecule has 1 atom stereocenters. The minimum absolute atomic E-state index is 0.0962. The van der Waals surface area contributed by atoms with E-state index in [1.807, 2.05) is 22.9 Å². The predicted molar refractivity (Wildman–Crippen MR) is 75.8 cm³/mol. The largest absolute Gasteiger partial charge is 0.328 e. The number of benzene rings is 1. The van der Waals surface area contributed by atoms with Crippen LogP contribution in [0, 0.1) is 5.82 Å². The van der Waals surface area contributed by atoms with Crippen LogP contribution in [0.15, 0.2) is 35.8 Å². The number of aromatic nitrogens is 2. The molecule has 0 aliphatic carbocycles. The molecule has 2 heterocycles. The van der Waals surface area contributed by atoms with Crippen molar-refractivity contribution in [2.45, 2.75) is 19.4 Å². The van der Waals surface area contributed by atoms with Gasteiger partial charge in [0, 0.05) is 24.0 Å². The van der Waals surface area contributed by atoms with E-state index in [2.05, 4.69) is 4.98 Å². The summed E-state index contributed by atoms with van der Waals surface area (Å²) in [5, 5.41) is 2.03. The molecule has 0 saturated carbocycles. The van der Waals surface area contributed by atoms with Crippen molar-refractivity contribution in [2.24, 2.45) is 5.73 Å². The van der Waals surface area contributed by atoms with Gasteiger partial charge in [-0.15, -0.1) is 11.3 Å². The molecule has 2 N–H and O–H groups in total. The van der Waals surface area contributed by atoms with Gasteiger partial charge in [0.1, 0.15) is 5.82 Å². The molecule has 1 aromatic carbocycles. The second-order valence-corrected chi connectivity index (χ2v) is 5.53. The number of imidazole rings is 1. The third-order valence-corrected chi connectivity index (χ3v) is 3.77. The van der Waals surface area contributed by atoms with E-state index >= 15 is 0 Å². The number of hydrogen-bond donors (Lipinski definition) is 1. The summed E-state index contributed by atoms with van der Waals surface area (Å²) in [7, 11) is 0. The molecule has 0 bridgehead atoms. The van der Waals surface area contributed by atoms with Gasteiger partial charge >= 0.3 is 0 Å². The maximum absolute atomic E-state index is 13.0. The molecule has 2 aromatic heterocycles. The highest BCUT2D eigenvalue weighted by molar-refractivity contribution is 7.15. The Hall–Kier alpha value is -1.72. The Morgan fingerprint density at radius 3 is 2.79 bits per heavy atom. The topological polar surface area (TPSA) is 43.3 Å². The fraction of sp³-hybridized carbons (Fsp3) is 0.214. The first-order valence-corrected chi connectivity index (χ1v) is 6.98. The lowest BCUT2D eigenvalue weighted by atomic mass is 10.2. The number of thiazole rings is 1. The normalized spacial score (nSPS) is 13.0. The molecule has 0 aliphatic rings. The zero-order valence-corrected chi connectivity index (χ0v) is 11.3. The summed E-state index contributed by atoms with van der Waals surface area (Å²) >= 11 is 1.58. The fourth-order valence-electron chi connectivity index (χ4n) is 2.09. The minimum atomic E-state index is -0.224. The summed E-state index contributed by atoms with van der Waals surface area (Å²) < 4.78 is 15.0. The van der Waals surface area contributed by atoms with Crippen LogP contribution in [-0.4, -0.2) is 15.4 Å². The maximum atomic E-state index is 13.0. The Bertz CT molecular complexity index is 697. The molecule has 0 aliphatic heterocycles. The number of rotatable bonds is 3. The average molecular weight is 275 g/mol. The summed E-state index contributed by atoms with van der Waals surface area (Å²) in [6.45, 7) is 1.97. The highest BCUT2D eigenvalue weighted by Crippen LogP contribution is 2.26. The molecule has 0 amide bonds. The fourth-order valence-corrected chi connectivity index (χ4v) is 2.99. The van der Waals surface area contributed by atoms with Crippen molar-refractivity contribution in [1.82, 2.24) is 9.38 Å². The van der Waals surface area contributed by atoms with Crippen molar-refractivity contribution in [2.75, 3.05) is 0 Å². The summed E-state index contributed by atoms with van der Waals surface area (Å²) in [5.74, 6) is -0.224. The van der Waals surface area contributed by atoms with Crippen LogP contribution in [0.4, 0.5) is 4.39 Å². The molecule has 0 spiro atoms. The second-order valence-electron chi connectivity index (χ2n) is 4.69. The lowest BCUT2D eigenvalue weighted by molar-refractivity contribution is 0.628. The van der Waals surface area contributed by atoms with Crippen molar-refractivity contribution in [3.8, 4) is 11.3 Å². The summed E-state index contributed by atoms with van der Waals surface area (Å²) in [6, 6.07) is 6.60. The van der Waals surface area contributed by atoms with Crippen LogP contribution in [0.25, 0.3) is 16.2 Å². The van der Waals surface area contributed by atoms with Crippen LogP contribution in [0.2, 0.25) is 0 Å². The third kappa shape index (κ3) is 2.39. The second kappa shape index (κ2) is 4.75. The van der Waals surface area contributed by atoms with Gasteiger partial charge in [0.25, 0.3) is 0 Å². The van der Waals surface area contributed by atoms with Gasteiger partial charge in [-0.3, -0.25) is 4.40 Å². The Morgan fingerprint density at radius 1 is 1.37 bits per heavy atom. The van der Waals surface area contributed by atoms with Gasteiger partial charge in [-0.05, 0) is 36.8 Å². The van der Waals surface area contributed by atoms with Gasteiger partial charge < -0.3 is 5.73 Å². The third-order valence-electron chi connectivity index (χ3n) is 2.93. The zero-order valence-electron chi connectivity index (χ0n) is 10.5. The van der Waals surface area contributed by atoms with E-state index in [-0.39, 0.29) is 11.9 Å². The average Bonchev–Trinajstić information content (AvgIpc) is 2.89. The van der Waals surface area contributed by atoms with E-state index < -0.39 is 0 Å².